The van der Waals surface area contributed by atoms with E-state index in [0.29, 0.717) is 41.5 Å². The second-order valence-corrected chi connectivity index (χ2v) is 10.3. The van der Waals surface area contributed by atoms with Crippen LogP contribution in [-0.4, -0.2) is 72.8 Å². The SMILES string of the molecule is COc1ccc(NC(=O)Nc2cccc3c2O[C@H](CN(C)Cc2ccccc2)[C@@H](C)CN([C@@H](C)CO)C3=O)cc1. The van der Waals surface area contributed by atoms with Gasteiger partial charge in [0.05, 0.1) is 31.0 Å². The number of nitrogens with zero attached hydrogens (tertiary/aromatic N) is 2. The maximum Gasteiger partial charge on any atom is 0.323 e. The largest absolute Gasteiger partial charge is 0.497 e. The van der Waals surface area contributed by atoms with Crippen LogP contribution < -0.4 is 20.1 Å². The van der Waals surface area contributed by atoms with Crippen LogP contribution in [0.15, 0.2) is 72.8 Å². The van der Waals surface area contributed by atoms with Gasteiger partial charge in [0, 0.05) is 31.2 Å². The minimum absolute atomic E-state index is 0.0505. The van der Waals surface area contributed by atoms with Gasteiger partial charge in [0.1, 0.15) is 11.9 Å². The summed E-state index contributed by atoms with van der Waals surface area (Å²) in [6.07, 6.45) is -0.290. The van der Waals surface area contributed by atoms with Crippen LogP contribution in [0, 0.1) is 5.92 Å². The molecule has 9 nitrogen and oxygen atoms in total. The number of benzene rings is 3. The van der Waals surface area contributed by atoms with E-state index in [-0.39, 0.29) is 30.6 Å². The number of carbonyl (C=O) groups excluding carboxylic acids is 2. The van der Waals surface area contributed by atoms with E-state index in [1.54, 1.807) is 54.5 Å². The summed E-state index contributed by atoms with van der Waals surface area (Å²) in [5.74, 6) is 0.697. The van der Waals surface area contributed by atoms with Crippen molar-refractivity contribution in [1.29, 1.82) is 0 Å². The highest BCUT2D eigenvalue weighted by Gasteiger charge is 2.34. The molecule has 3 aromatic carbocycles. The Bertz CT molecular complexity index is 1280. The first kappa shape index (κ1) is 28.9. The number of anilines is 2. The number of ether oxygens (including phenoxy) is 2. The fourth-order valence-corrected chi connectivity index (χ4v) is 4.79. The van der Waals surface area contributed by atoms with Gasteiger partial charge < -0.3 is 30.1 Å². The van der Waals surface area contributed by atoms with Crippen LogP contribution >= 0.6 is 0 Å². The molecule has 3 N–H and O–H groups in total. The van der Waals surface area contributed by atoms with Crippen molar-refractivity contribution < 1.29 is 24.2 Å². The van der Waals surface area contributed by atoms with Crippen LogP contribution in [0.25, 0.3) is 0 Å². The van der Waals surface area contributed by atoms with Crippen molar-refractivity contribution in [2.45, 2.75) is 32.5 Å². The number of urea groups is 1. The molecule has 3 amide bonds. The van der Waals surface area contributed by atoms with Crippen LogP contribution in [0.2, 0.25) is 0 Å². The van der Waals surface area contributed by atoms with Gasteiger partial charge in [-0.05, 0) is 55.9 Å². The first-order valence-corrected chi connectivity index (χ1v) is 13.4. The number of methoxy groups -OCH3 is 1. The quantitative estimate of drug-likeness (QED) is 0.360. The summed E-state index contributed by atoms with van der Waals surface area (Å²) < 4.78 is 11.8. The van der Waals surface area contributed by atoms with Crippen molar-refractivity contribution in [3.8, 4) is 11.5 Å². The third kappa shape index (κ3) is 7.11. The number of carbonyl (C=O) groups is 2. The van der Waals surface area contributed by atoms with E-state index in [4.69, 9.17) is 9.47 Å². The molecule has 0 aliphatic carbocycles. The topological polar surface area (TPSA) is 103 Å². The summed E-state index contributed by atoms with van der Waals surface area (Å²) in [5, 5.41) is 15.6. The highest BCUT2D eigenvalue weighted by molar-refractivity contribution is 6.04. The number of hydrogen-bond acceptors (Lipinski definition) is 6. The van der Waals surface area contributed by atoms with Gasteiger partial charge in [-0.3, -0.25) is 9.69 Å². The fraction of sp³-hybridized carbons (Fsp3) is 0.355. The Morgan fingerprint density at radius 2 is 1.82 bits per heavy atom. The molecule has 1 aliphatic rings. The zero-order valence-corrected chi connectivity index (χ0v) is 23.5. The maximum atomic E-state index is 13.7. The van der Waals surface area contributed by atoms with E-state index in [0.717, 1.165) is 6.54 Å². The van der Waals surface area contributed by atoms with Gasteiger partial charge in [-0.1, -0.05) is 43.3 Å². The molecule has 9 heteroatoms. The van der Waals surface area contributed by atoms with Gasteiger partial charge in [0.25, 0.3) is 5.91 Å². The van der Waals surface area contributed by atoms with Crippen molar-refractivity contribution >= 4 is 23.3 Å². The Morgan fingerprint density at radius 1 is 1.10 bits per heavy atom. The van der Waals surface area contributed by atoms with E-state index in [2.05, 4.69) is 27.7 Å². The lowest BCUT2D eigenvalue weighted by Crippen LogP contribution is -2.49. The highest BCUT2D eigenvalue weighted by atomic mass is 16.5. The second-order valence-electron chi connectivity index (χ2n) is 10.3. The van der Waals surface area contributed by atoms with E-state index in [9.17, 15) is 14.7 Å². The monoisotopic (exact) mass is 546 g/mol. The molecule has 1 aliphatic heterocycles. The molecule has 0 bridgehead atoms. The molecule has 212 valence electrons. The standard InChI is InChI=1S/C31H38N4O5/c1-21-17-35(22(2)20-36)30(37)26-11-8-12-27(33-31(38)32-24-13-15-25(39-4)16-14-24)29(26)40-28(21)19-34(3)18-23-9-6-5-7-10-23/h5-16,21-22,28,36H,17-20H2,1-4H3,(H2,32,33,38)/t21-,22-,28+/m0/s1. The van der Waals surface area contributed by atoms with Crippen LogP contribution in [0.3, 0.4) is 0 Å². The Kier molecular flexibility index (Phi) is 9.63. The third-order valence-corrected chi connectivity index (χ3v) is 7.07. The maximum absolute atomic E-state index is 13.7. The number of rotatable bonds is 9. The summed E-state index contributed by atoms with van der Waals surface area (Å²) in [7, 11) is 3.62. The smallest absolute Gasteiger partial charge is 0.323 e. The van der Waals surface area contributed by atoms with Crippen molar-refractivity contribution in [3.63, 3.8) is 0 Å². The third-order valence-electron chi connectivity index (χ3n) is 7.07. The number of aliphatic hydroxyl groups excluding tert-OH is 1. The number of nitrogens with one attached hydrogen (secondary N) is 2. The second kappa shape index (κ2) is 13.3. The zero-order chi connectivity index (χ0) is 28.6. The van der Waals surface area contributed by atoms with Gasteiger partial charge in [-0.15, -0.1) is 0 Å². The van der Waals surface area contributed by atoms with Crippen molar-refractivity contribution in [2.24, 2.45) is 5.92 Å². The van der Waals surface area contributed by atoms with Gasteiger partial charge in [0.2, 0.25) is 0 Å². The summed E-state index contributed by atoms with van der Waals surface area (Å²) >= 11 is 0. The van der Waals surface area contributed by atoms with E-state index < -0.39 is 6.03 Å². The van der Waals surface area contributed by atoms with Crippen LogP contribution in [0.5, 0.6) is 11.5 Å². The molecule has 0 unspecified atom stereocenters. The molecule has 40 heavy (non-hydrogen) atoms. The number of amides is 3. The predicted molar refractivity (Wildman–Crippen MR) is 156 cm³/mol. The first-order chi connectivity index (χ1) is 19.3. The molecule has 0 saturated heterocycles. The summed E-state index contributed by atoms with van der Waals surface area (Å²) in [6, 6.07) is 21.5. The van der Waals surface area contributed by atoms with Gasteiger partial charge in [-0.2, -0.15) is 0 Å². The van der Waals surface area contributed by atoms with Crippen molar-refractivity contribution in [1.82, 2.24) is 9.80 Å². The summed E-state index contributed by atoms with van der Waals surface area (Å²) in [6.45, 7) is 5.48. The van der Waals surface area contributed by atoms with Gasteiger partial charge in [0.15, 0.2) is 5.75 Å². The molecular formula is C31H38N4O5. The molecule has 0 aromatic heterocycles. The van der Waals surface area contributed by atoms with Crippen LogP contribution in [0.4, 0.5) is 16.2 Å². The molecule has 3 aromatic rings. The van der Waals surface area contributed by atoms with Crippen LogP contribution in [0.1, 0.15) is 29.8 Å². The summed E-state index contributed by atoms with van der Waals surface area (Å²) in [4.78, 5) is 30.5. The molecule has 0 saturated carbocycles. The predicted octanol–water partition coefficient (Wildman–Crippen LogP) is 4.69. The Hall–Kier alpha value is -4.08. The number of likely N-dealkylation sites (N-methyl/N-ethyl adjacent to an activating group) is 1. The number of aliphatic hydroxyl groups is 1. The number of para-hydroxylation sites is 1. The lowest BCUT2D eigenvalue weighted by atomic mass is 9.99. The zero-order valence-electron chi connectivity index (χ0n) is 23.5. The van der Waals surface area contributed by atoms with E-state index >= 15 is 0 Å². The first-order valence-electron chi connectivity index (χ1n) is 13.4. The Morgan fingerprint density at radius 3 is 2.50 bits per heavy atom. The molecule has 0 spiro atoms. The minimum Gasteiger partial charge on any atom is -0.497 e. The lowest BCUT2D eigenvalue weighted by Gasteiger charge is -2.38. The molecular weight excluding hydrogens is 508 g/mol. The van der Waals surface area contributed by atoms with Crippen LogP contribution in [-0.2, 0) is 6.54 Å². The number of hydrogen-bond donors (Lipinski definition) is 3. The minimum atomic E-state index is -0.469. The molecule has 1 heterocycles. The Balaban J connectivity index is 1.61. The fourth-order valence-electron chi connectivity index (χ4n) is 4.79. The van der Waals surface area contributed by atoms with E-state index in [1.807, 2.05) is 39.1 Å². The molecule has 0 fully saturated rings. The van der Waals surface area contributed by atoms with E-state index in [1.165, 1.54) is 5.56 Å². The van der Waals surface area contributed by atoms with Crippen molar-refractivity contribution in [3.05, 3.63) is 83.9 Å². The molecule has 3 atom stereocenters. The Labute approximate surface area is 235 Å². The molecule has 0 radical (unpaired) electrons. The van der Waals surface area contributed by atoms with Gasteiger partial charge >= 0.3 is 6.03 Å². The average Bonchev–Trinajstić information content (AvgIpc) is 2.95. The highest BCUT2D eigenvalue weighted by Crippen LogP contribution is 2.35. The molecule has 4 rings (SSSR count). The summed E-state index contributed by atoms with van der Waals surface area (Å²) in [5.41, 5.74) is 2.50. The average molecular weight is 547 g/mol. The lowest BCUT2D eigenvalue weighted by molar-refractivity contribution is 0.0343. The normalized spacial score (nSPS) is 17.8. The number of fused-ring (bicyclic) bond motifs is 1. The van der Waals surface area contributed by atoms with Gasteiger partial charge in [-0.25, -0.2) is 4.79 Å². The van der Waals surface area contributed by atoms with Crippen molar-refractivity contribution in [2.75, 3.05) is 44.5 Å².